The normalized spacial score (nSPS) is 31.4. The molecule has 2 N–H and O–H groups in total. The minimum absolute atomic E-state index is 0.163. The molecular weight excluding hydrogens is 248 g/mol. The van der Waals surface area contributed by atoms with E-state index in [1.165, 1.54) is 6.42 Å². The topological polar surface area (TPSA) is 46.3 Å². The van der Waals surface area contributed by atoms with Crippen molar-refractivity contribution < 1.29 is 4.79 Å². The molecule has 2 fully saturated rings. The summed E-state index contributed by atoms with van der Waals surface area (Å²) in [7, 11) is 0. The van der Waals surface area contributed by atoms with Crippen LogP contribution in [0.2, 0.25) is 0 Å². The van der Waals surface area contributed by atoms with E-state index < -0.39 is 0 Å². The van der Waals surface area contributed by atoms with Gasteiger partial charge in [-0.2, -0.15) is 0 Å². The molecule has 2 aliphatic rings. The third-order valence-electron chi connectivity index (χ3n) is 4.83. The van der Waals surface area contributed by atoms with Gasteiger partial charge in [-0.15, -0.1) is 0 Å². The second kappa shape index (κ2) is 4.24. The summed E-state index contributed by atoms with van der Waals surface area (Å²) in [5, 5.41) is 0. The summed E-state index contributed by atoms with van der Waals surface area (Å²) >= 11 is 0. The second-order valence-corrected chi connectivity index (χ2v) is 7.77. The van der Waals surface area contributed by atoms with Crippen LogP contribution in [0.25, 0.3) is 0 Å². The Bertz CT molecular complexity index is 534. The molecule has 0 aromatic heterocycles. The van der Waals surface area contributed by atoms with Crippen molar-refractivity contribution >= 4 is 11.6 Å². The van der Waals surface area contributed by atoms with Gasteiger partial charge >= 0.3 is 0 Å². The molecule has 1 amide bonds. The molecule has 20 heavy (non-hydrogen) atoms. The molecule has 3 heteroatoms. The van der Waals surface area contributed by atoms with Crippen molar-refractivity contribution in [2.24, 2.45) is 10.8 Å². The van der Waals surface area contributed by atoms with Gasteiger partial charge in [0.25, 0.3) is 5.91 Å². The zero-order chi connectivity index (χ0) is 14.5. The maximum atomic E-state index is 12.7. The Morgan fingerprint density at radius 2 is 1.85 bits per heavy atom. The van der Waals surface area contributed by atoms with Gasteiger partial charge in [0.05, 0.1) is 0 Å². The first-order valence-electron chi connectivity index (χ1n) is 7.45. The van der Waals surface area contributed by atoms with Gasteiger partial charge < -0.3 is 10.6 Å². The molecular formula is C17H24N2O. The third kappa shape index (κ3) is 2.30. The second-order valence-electron chi connectivity index (χ2n) is 7.77. The SMILES string of the molecule is CC1(C)C[C@@H]2C[C@@](C)(CN2C(=O)c2ccc(N)cc2)C1. The molecule has 3 nitrogen and oxygen atoms in total. The molecule has 1 aromatic rings. The minimum Gasteiger partial charge on any atom is -0.399 e. The van der Waals surface area contributed by atoms with Crippen molar-refractivity contribution in [1.82, 2.24) is 4.90 Å². The summed E-state index contributed by atoms with van der Waals surface area (Å²) in [6.45, 7) is 7.88. The molecule has 1 saturated carbocycles. The number of anilines is 1. The lowest BCUT2D eigenvalue weighted by Crippen LogP contribution is -2.37. The van der Waals surface area contributed by atoms with Crippen molar-refractivity contribution in [2.45, 2.75) is 46.1 Å². The van der Waals surface area contributed by atoms with Crippen molar-refractivity contribution in [3.63, 3.8) is 0 Å². The molecule has 1 aliphatic heterocycles. The number of nitrogens with zero attached hydrogens (tertiary/aromatic N) is 1. The number of hydrogen-bond acceptors (Lipinski definition) is 2. The third-order valence-corrected chi connectivity index (χ3v) is 4.83. The van der Waals surface area contributed by atoms with Crippen LogP contribution in [-0.2, 0) is 0 Å². The van der Waals surface area contributed by atoms with Crippen LogP contribution in [0, 0.1) is 10.8 Å². The summed E-state index contributed by atoms with van der Waals surface area (Å²) in [5.41, 5.74) is 7.79. The predicted octanol–water partition coefficient (Wildman–Crippen LogP) is 3.31. The largest absolute Gasteiger partial charge is 0.399 e. The molecule has 0 radical (unpaired) electrons. The van der Waals surface area contributed by atoms with Crippen molar-refractivity contribution in [3.05, 3.63) is 29.8 Å². The highest BCUT2D eigenvalue weighted by Gasteiger charge is 2.50. The maximum absolute atomic E-state index is 12.7. The van der Waals surface area contributed by atoms with E-state index in [4.69, 9.17) is 5.73 Å². The van der Waals surface area contributed by atoms with Gasteiger partial charge in [-0.05, 0) is 54.4 Å². The summed E-state index contributed by atoms with van der Waals surface area (Å²) < 4.78 is 0. The van der Waals surface area contributed by atoms with E-state index in [2.05, 4.69) is 25.7 Å². The quantitative estimate of drug-likeness (QED) is 0.797. The molecule has 0 unspecified atom stereocenters. The number of hydrogen-bond donors (Lipinski definition) is 1. The summed E-state index contributed by atoms with van der Waals surface area (Å²) in [6.07, 6.45) is 3.47. The number of amides is 1. The molecule has 1 saturated heterocycles. The van der Waals surface area contributed by atoms with Crippen LogP contribution in [0.5, 0.6) is 0 Å². The molecule has 108 valence electrons. The minimum atomic E-state index is 0.163. The van der Waals surface area contributed by atoms with E-state index in [0.717, 1.165) is 24.9 Å². The average molecular weight is 272 g/mol. The first-order chi connectivity index (χ1) is 9.28. The molecule has 1 aromatic carbocycles. The Hall–Kier alpha value is -1.51. The van der Waals surface area contributed by atoms with Gasteiger partial charge in [0.1, 0.15) is 0 Å². The van der Waals surface area contributed by atoms with E-state index in [1.807, 2.05) is 12.1 Å². The standard InChI is InChI=1S/C17H24N2O/c1-16(2)8-14-9-17(3,10-16)11-19(14)15(20)12-4-6-13(18)7-5-12/h4-7,14H,8-11,18H2,1-3H3/t14-,17-/m1/s1. The summed E-state index contributed by atoms with van der Waals surface area (Å²) in [4.78, 5) is 14.8. The van der Waals surface area contributed by atoms with E-state index in [0.29, 0.717) is 17.1 Å². The van der Waals surface area contributed by atoms with Crippen LogP contribution < -0.4 is 5.73 Å². The number of carbonyl (C=O) groups excluding carboxylic acids is 1. The highest BCUT2D eigenvalue weighted by molar-refractivity contribution is 5.95. The van der Waals surface area contributed by atoms with Crippen molar-refractivity contribution in [3.8, 4) is 0 Å². The molecule has 1 aliphatic carbocycles. The van der Waals surface area contributed by atoms with E-state index in [-0.39, 0.29) is 11.3 Å². The first-order valence-corrected chi connectivity index (χ1v) is 7.45. The highest BCUT2D eigenvalue weighted by Crippen LogP contribution is 2.52. The number of benzene rings is 1. The molecule has 1 heterocycles. The van der Waals surface area contributed by atoms with Gasteiger partial charge in [0.15, 0.2) is 0 Å². The van der Waals surface area contributed by atoms with Gasteiger partial charge in [-0.25, -0.2) is 0 Å². The van der Waals surface area contributed by atoms with Crippen molar-refractivity contribution in [1.29, 1.82) is 0 Å². The van der Waals surface area contributed by atoms with Crippen LogP contribution in [0.3, 0.4) is 0 Å². The fourth-order valence-corrected chi connectivity index (χ4v) is 4.49. The first kappa shape index (κ1) is 13.5. The Morgan fingerprint density at radius 3 is 2.50 bits per heavy atom. The number of nitrogen functional groups attached to an aromatic ring is 1. The van der Waals surface area contributed by atoms with Crippen molar-refractivity contribution in [2.75, 3.05) is 12.3 Å². The maximum Gasteiger partial charge on any atom is 0.254 e. The van der Waals surface area contributed by atoms with Crippen LogP contribution in [-0.4, -0.2) is 23.4 Å². The fraction of sp³-hybridized carbons (Fsp3) is 0.588. The van der Waals surface area contributed by atoms with Gasteiger partial charge in [-0.3, -0.25) is 4.79 Å². The molecule has 2 bridgehead atoms. The monoisotopic (exact) mass is 272 g/mol. The lowest BCUT2D eigenvalue weighted by Gasteiger charge is -2.39. The van der Waals surface area contributed by atoms with E-state index >= 15 is 0 Å². The zero-order valence-corrected chi connectivity index (χ0v) is 12.6. The highest BCUT2D eigenvalue weighted by atomic mass is 16.2. The smallest absolute Gasteiger partial charge is 0.254 e. The lowest BCUT2D eigenvalue weighted by atomic mass is 9.65. The average Bonchev–Trinajstić information content (AvgIpc) is 2.58. The summed E-state index contributed by atoms with van der Waals surface area (Å²) in [5.74, 6) is 0.163. The van der Waals surface area contributed by atoms with E-state index in [9.17, 15) is 4.79 Å². The molecule has 0 spiro atoms. The predicted molar refractivity (Wildman–Crippen MR) is 81.4 cm³/mol. The number of carbonyl (C=O) groups is 1. The zero-order valence-electron chi connectivity index (χ0n) is 12.6. The van der Waals surface area contributed by atoms with Crippen LogP contribution >= 0.6 is 0 Å². The van der Waals surface area contributed by atoms with Gasteiger partial charge in [0.2, 0.25) is 0 Å². The Balaban J connectivity index is 1.85. The number of nitrogens with two attached hydrogens (primary N) is 1. The fourth-order valence-electron chi connectivity index (χ4n) is 4.49. The number of fused-ring (bicyclic) bond motifs is 2. The van der Waals surface area contributed by atoms with Crippen LogP contribution in [0.15, 0.2) is 24.3 Å². The molecule has 2 atom stereocenters. The number of likely N-dealkylation sites (tertiary alicyclic amines) is 1. The van der Waals surface area contributed by atoms with Gasteiger partial charge in [0, 0.05) is 23.8 Å². The molecule has 3 rings (SSSR count). The van der Waals surface area contributed by atoms with Crippen LogP contribution in [0.1, 0.15) is 50.4 Å². The Labute approximate surface area is 121 Å². The summed E-state index contributed by atoms with van der Waals surface area (Å²) in [6, 6.07) is 7.69. The lowest BCUT2D eigenvalue weighted by molar-refractivity contribution is 0.0708. The Kier molecular flexibility index (Phi) is 2.86. The van der Waals surface area contributed by atoms with Gasteiger partial charge in [-0.1, -0.05) is 20.8 Å². The van der Waals surface area contributed by atoms with Crippen LogP contribution in [0.4, 0.5) is 5.69 Å². The Morgan fingerprint density at radius 1 is 1.20 bits per heavy atom. The van der Waals surface area contributed by atoms with E-state index in [1.54, 1.807) is 12.1 Å². The number of rotatable bonds is 1.